The van der Waals surface area contributed by atoms with Crippen LogP contribution in [0.4, 0.5) is 5.13 Å². The summed E-state index contributed by atoms with van der Waals surface area (Å²) >= 11 is 2.59. The normalized spacial score (nSPS) is 13.6. The van der Waals surface area contributed by atoms with E-state index in [0.717, 1.165) is 23.9 Å². The van der Waals surface area contributed by atoms with Gasteiger partial charge in [-0.05, 0) is 19.1 Å². The van der Waals surface area contributed by atoms with E-state index in [4.69, 9.17) is 9.47 Å². The molecule has 1 aromatic carbocycles. The second-order valence-corrected chi connectivity index (χ2v) is 8.75. The van der Waals surface area contributed by atoms with Gasteiger partial charge in [0.2, 0.25) is 5.91 Å². The van der Waals surface area contributed by atoms with Crippen molar-refractivity contribution in [1.82, 2.24) is 30.6 Å². The molecule has 11 nitrogen and oxygen atoms in total. The van der Waals surface area contributed by atoms with Gasteiger partial charge in [0, 0.05) is 24.5 Å². The lowest BCUT2D eigenvalue weighted by Crippen LogP contribution is -2.42. The Hall–Kier alpha value is -3.16. The molecule has 0 unspecified atom stereocenters. The molecule has 0 radical (unpaired) electrons. The second-order valence-electron chi connectivity index (χ2n) is 6.97. The first-order valence-electron chi connectivity index (χ1n) is 10.1. The fourth-order valence-electron chi connectivity index (χ4n) is 3.11. The fraction of sp³-hybridized carbons (Fsp3) is 0.350. The van der Waals surface area contributed by atoms with Gasteiger partial charge in [0.1, 0.15) is 17.3 Å². The number of benzene rings is 1. The number of thioether (sulfide) groups is 1. The highest BCUT2D eigenvalue weighted by molar-refractivity contribution is 7.99. The number of thiazole rings is 1. The van der Waals surface area contributed by atoms with Crippen LogP contribution in [0.3, 0.4) is 0 Å². The number of methoxy groups -OCH3 is 1. The Bertz CT molecular complexity index is 1130. The van der Waals surface area contributed by atoms with Gasteiger partial charge in [0.05, 0.1) is 31.8 Å². The van der Waals surface area contributed by atoms with E-state index in [1.54, 1.807) is 12.5 Å². The van der Waals surface area contributed by atoms with E-state index in [2.05, 4.69) is 30.9 Å². The summed E-state index contributed by atoms with van der Waals surface area (Å²) in [5.74, 6) is 0.572. The Morgan fingerprint density at radius 3 is 2.85 bits per heavy atom. The number of nitrogens with zero attached hydrogens (tertiary/aromatic N) is 5. The monoisotopic (exact) mass is 489 g/mol. The van der Waals surface area contributed by atoms with Gasteiger partial charge in [-0.15, -0.1) is 21.5 Å². The van der Waals surface area contributed by atoms with Crippen molar-refractivity contribution in [2.45, 2.75) is 12.1 Å². The van der Waals surface area contributed by atoms with E-state index in [1.165, 1.54) is 23.1 Å². The van der Waals surface area contributed by atoms with Crippen LogP contribution >= 0.6 is 23.1 Å². The van der Waals surface area contributed by atoms with Gasteiger partial charge in [-0.3, -0.25) is 25.0 Å². The number of aromatic nitrogens is 4. The summed E-state index contributed by atoms with van der Waals surface area (Å²) in [6.07, 6.45) is 0. The zero-order valence-electron chi connectivity index (χ0n) is 18.1. The molecule has 2 aromatic heterocycles. The zero-order chi connectivity index (χ0) is 23.2. The predicted octanol–water partition coefficient (Wildman–Crippen LogP) is 1.43. The number of hydrogen-bond acceptors (Lipinski definition) is 10. The smallest absolute Gasteiger partial charge is 0.289 e. The maximum Gasteiger partial charge on any atom is 0.289 e. The van der Waals surface area contributed by atoms with Crippen molar-refractivity contribution in [3.05, 3.63) is 41.2 Å². The minimum absolute atomic E-state index is 0.0402. The van der Waals surface area contributed by atoms with Crippen molar-refractivity contribution in [3.8, 4) is 11.4 Å². The molecule has 174 valence electrons. The molecule has 0 bridgehead atoms. The van der Waals surface area contributed by atoms with E-state index in [9.17, 15) is 9.59 Å². The predicted molar refractivity (Wildman–Crippen MR) is 124 cm³/mol. The summed E-state index contributed by atoms with van der Waals surface area (Å²) in [6, 6.07) is 7.48. The van der Waals surface area contributed by atoms with E-state index < -0.39 is 5.91 Å². The van der Waals surface area contributed by atoms with Crippen molar-refractivity contribution in [2.75, 3.05) is 44.1 Å². The molecule has 1 fully saturated rings. The molecule has 1 aliphatic rings. The maximum atomic E-state index is 12.4. The minimum atomic E-state index is -0.473. The van der Waals surface area contributed by atoms with Gasteiger partial charge in [-0.25, -0.2) is 4.98 Å². The minimum Gasteiger partial charge on any atom is -0.497 e. The van der Waals surface area contributed by atoms with Gasteiger partial charge < -0.3 is 14.4 Å². The van der Waals surface area contributed by atoms with Gasteiger partial charge in [-0.2, -0.15) is 0 Å². The average molecular weight is 490 g/mol. The third-order valence-corrected chi connectivity index (χ3v) is 6.59. The Morgan fingerprint density at radius 2 is 2.06 bits per heavy atom. The zero-order valence-corrected chi connectivity index (χ0v) is 19.7. The lowest BCUT2D eigenvalue weighted by molar-refractivity contribution is -0.119. The standard InChI is InChI=1S/C20H23N7O4S2/c1-13-22-25-20(27(13)14-4-3-5-15(10-14)30-2)33-12-17(28)23-24-18(29)16-11-32-19(21-16)26-6-8-31-9-7-26/h3-5,10-11H,6-9,12H2,1-2H3,(H,23,28)(H,24,29). The summed E-state index contributed by atoms with van der Waals surface area (Å²) in [5.41, 5.74) is 5.91. The lowest BCUT2D eigenvalue weighted by atomic mass is 10.3. The average Bonchev–Trinajstić information content (AvgIpc) is 3.49. The molecule has 0 aliphatic carbocycles. The third-order valence-electron chi connectivity index (χ3n) is 4.76. The number of rotatable bonds is 7. The van der Waals surface area contributed by atoms with Gasteiger partial charge in [0.15, 0.2) is 10.3 Å². The topological polar surface area (TPSA) is 123 Å². The van der Waals surface area contributed by atoms with E-state index in [-0.39, 0.29) is 17.4 Å². The Balaban J connectivity index is 1.30. The molecule has 1 aliphatic heterocycles. The van der Waals surface area contributed by atoms with E-state index in [0.29, 0.717) is 29.9 Å². The number of hydrogen-bond donors (Lipinski definition) is 2. The molecule has 0 saturated carbocycles. The van der Waals surface area contributed by atoms with Crippen molar-refractivity contribution in [1.29, 1.82) is 0 Å². The van der Waals surface area contributed by atoms with Gasteiger partial charge in [-0.1, -0.05) is 17.8 Å². The highest BCUT2D eigenvalue weighted by Crippen LogP contribution is 2.24. The molecule has 4 rings (SSSR count). The highest BCUT2D eigenvalue weighted by atomic mass is 32.2. The van der Waals surface area contributed by atoms with Gasteiger partial charge in [0.25, 0.3) is 5.91 Å². The molecule has 3 aromatic rings. The molecular weight excluding hydrogens is 466 g/mol. The van der Waals surface area contributed by atoms with Crippen molar-refractivity contribution in [3.63, 3.8) is 0 Å². The molecule has 1 saturated heterocycles. The maximum absolute atomic E-state index is 12.4. The number of amides is 2. The molecule has 33 heavy (non-hydrogen) atoms. The number of ether oxygens (including phenoxy) is 2. The number of nitrogens with one attached hydrogen (secondary N) is 2. The third kappa shape index (κ3) is 5.61. The SMILES string of the molecule is COc1cccc(-n2c(C)nnc2SCC(=O)NNC(=O)c2csc(N3CCOCC3)n2)c1. The van der Waals surface area contributed by atoms with Crippen LogP contribution in [0.1, 0.15) is 16.3 Å². The van der Waals surface area contributed by atoms with Crippen LogP contribution in [0, 0.1) is 6.92 Å². The Labute approximate surface area is 198 Å². The largest absolute Gasteiger partial charge is 0.497 e. The molecule has 2 N–H and O–H groups in total. The summed E-state index contributed by atoms with van der Waals surface area (Å²) in [5, 5.41) is 11.2. The summed E-state index contributed by atoms with van der Waals surface area (Å²) < 4.78 is 12.4. The summed E-state index contributed by atoms with van der Waals surface area (Å²) in [6.45, 7) is 4.58. The second kappa shape index (κ2) is 10.6. The van der Waals surface area contributed by atoms with Crippen molar-refractivity contribution >= 4 is 40.0 Å². The number of carbonyl (C=O) groups is 2. The van der Waals surface area contributed by atoms with E-state index >= 15 is 0 Å². The first-order valence-corrected chi connectivity index (χ1v) is 12.0. The van der Waals surface area contributed by atoms with Crippen LogP contribution in [0.5, 0.6) is 5.75 Å². The van der Waals surface area contributed by atoms with Crippen molar-refractivity contribution < 1.29 is 19.1 Å². The van der Waals surface area contributed by atoms with Crippen LogP contribution < -0.4 is 20.5 Å². The van der Waals surface area contributed by atoms with Crippen LogP contribution in [0.25, 0.3) is 5.69 Å². The quantitative estimate of drug-likeness (QED) is 0.375. The number of carbonyl (C=O) groups excluding carboxylic acids is 2. The highest BCUT2D eigenvalue weighted by Gasteiger charge is 2.18. The summed E-state index contributed by atoms with van der Waals surface area (Å²) in [4.78, 5) is 31.1. The summed E-state index contributed by atoms with van der Waals surface area (Å²) in [7, 11) is 1.60. The number of morpholine rings is 1. The molecule has 13 heteroatoms. The first kappa shape index (κ1) is 23.0. The molecule has 0 spiro atoms. The van der Waals surface area contributed by atoms with Crippen LogP contribution in [0.15, 0.2) is 34.8 Å². The van der Waals surface area contributed by atoms with Crippen LogP contribution in [0.2, 0.25) is 0 Å². The Kier molecular flexibility index (Phi) is 7.42. The molecule has 3 heterocycles. The number of anilines is 1. The van der Waals surface area contributed by atoms with Crippen molar-refractivity contribution in [2.24, 2.45) is 0 Å². The lowest BCUT2D eigenvalue weighted by Gasteiger charge is -2.25. The fourth-order valence-corrected chi connectivity index (χ4v) is 4.77. The first-order chi connectivity index (χ1) is 16.0. The van der Waals surface area contributed by atoms with Crippen LogP contribution in [-0.4, -0.2) is 70.7 Å². The number of aryl methyl sites for hydroxylation is 1. The van der Waals surface area contributed by atoms with Crippen LogP contribution in [-0.2, 0) is 9.53 Å². The molecule has 0 atom stereocenters. The molecular formula is C20H23N7O4S2. The molecule has 2 amide bonds. The van der Waals surface area contributed by atoms with E-state index in [1.807, 2.05) is 35.8 Å². The Morgan fingerprint density at radius 1 is 1.24 bits per heavy atom. The van der Waals surface area contributed by atoms with Gasteiger partial charge >= 0.3 is 0 Å². The number of hydrazine groups is 1.